The number of urea groups is 1. The van der Waals surface area contributed by atoms with Gasteiger partial charge in [0.25, 0.3) is 0 Å². The van der Waals surface area contributed by atoms with Gasteiger partial charge in [0.05, 0.1) is 14.2 Å². The van der Waals surface area contributed by atoms with Crippen LogP contribution in [-0.4, -0.2) is 56.7 Å². The van der Waals surface area contributed by atoms with E-state index in [1.165, 1.54) is 0 Å². The molecule has 0 spiro atoms. The van der Waals surface area contributed by atoms with Crippen molar-refractivity contribution in [3.63, 3.8) is 0 Å². The molecule has 3 rings (SSSR count). The molecule has 0 saturated carbocycles. The number of hydrogen-bond acceptors (Lipinski definition) is 5. The molecule has 1 aliphatic heterocycles. The highest BCUT2D eigenvalue weighted by atomic mass is 16.5. The van der Waals surface area contributed by atoms with Gasteiger partial charge in [0.15, 0.2) is 0 Å². The number of ether oxygens (including phenoxy) is 2. The number of hydrogen-bond donors (Lipinski definition) is 3. The summed E-state index contributed by atoms with van der Waals surface area (Å²) in [5.74, 6) is 1.46. The van der Waals surface area contributed by atoms with Crippen molar-refractivity contribution in [1.29, 1.82) is 0 Å². The van der Waals surface area contributed by atoms with Gasteiger partial charge >= 0.3 is 6.03 Å². The second-order valence-corrected chi connectivity index (χ2v) is 7.08. The van der Waals surface area contributed by atoms with E-state index in [4.69, 9.17) is 9.47 Å². The van der Waals surface area contributed by atoms with E-state index >= 15 is 0 Å². The quantitative estimate of drug-likeness (QED) is 0.649. The smallest absolute Gasteiger partial charge is 0.321 e. The molecular weight excluding hydrogens is 384 g/mol. The first-order valence-corrected chi connectivity index (χ1v) is 9.90. The maximum Gasteiger partial charge on any atom is 0.321 e. The average molecular weight is 412 g/mol. The third-order valence-corrected chi connectivity index (χ3v) is 4.96. The van der Waals surface area contributed by atoms with Gasteiger partial charge in [-0.3, -0.25) is 4.79 Å². The summed E-state index contributed by atoms with van der Waals surface area (Å²) in [6, 6.07) is 14.5. The molecule has 0 bridgehead atoms. The lowest BCUT2D eigenvalue weighted by Crippen LogP contribution is -2.54. The van der Waals surface area contributed by atoms with Crippen LogP contribution in [0.15, 0.2) is 48.5 Å². The van der Waals surface area contributed by atoms with E-state index in [9.17, 15) is 9.59 Å². The van der Waals surface area contributed by atoms with Gasteiger partial charge in [-0.2, -0.15) is 0 Å². The molecule has 0 aromatic heterocycles. The first kappa shape index (κ1) is 21.4. The molecule has 8 heteroatoms. The molecule has 2 aromatic rings. The maximum atomic E-state index is 12.6. The minimum Gasteiger partial charge on any atom is -0.497 e. The van der Waals surface area contributed by atoms with Gasteiger partial charge in [-0.05, 0) is 42.0 Å². The highest BCUT2D eigenvalue weighted by Gasteiger charge is 2.25. The molecule has 0 aliphatic carbocycles. The minimum atomic E-state index is -0.176. The van der Waals surface area contributed by atoms with Crippen LogP contribution in [0.25, 0.3) is 0 Å². The van der Waals surface area contributed by atoms with Gasteiger partial charge in [0.1, 0.15) is 11.5 Å². The zero-order valence-corrected chi connectivity index (χ0v) is 17.3. The van der Waals surface area contributed by atoms with E-state index in [1.54, 1.807) is 43.4 Å². The number of nitrogens with one attached hydrogen (secondary N) is 3. The summed E-state index contributed by atoms with van der Waals surface area (Å²) >= 11 is 0. The zero-order valence-electron chi connectivity index (χ0n) is 17.3. The van der Waals surface area contributed by atoms with E-state index in [1.807, 2.05) is 24.3 Å². The van der Waals surface area contributed by atoms with Gasteiger partial charge in [-0.25, -0.2) is 4.79 Å². The minimum absolute atomic E-state index is 0.0549. The normalized spacial score (nSPS) is 15.9. The molecule has 1 aliphatic rings. The third kappa shape index (κ3) is 6.12. The Morgan fingerprint density at radius 3 is 2.30 bits per heavy atom. The van der Waals surface area contributed by atoms with Crippen LogP contribution >= 0.6 is 0 Å². The predicted octanol–water partition coefficient (Wildman–Crippen LogP) is 2.22. The zero-order chi connectivity index (χ0) is 21.3. The molecule has 1 unspecified atom stereocenters. The van der Waals surface area contributed by atoms with Gasteiger partial charge in [0.2, 0.25) is 5.91 Å². The number of methoxy groups -OCH3 is 2. The molecule has 0 radical (unpaired) electrons. The largest absolute Gasteiger partial charge is 0.497 e. The number of carbonyl (C=O) groups excluding carboxylic acids is 2. The van der Waals surface area contributed by atoms with E-state index in [0.717, 1.165) is 17.1 Å². The molecule has 30 heavy (non-hydrogen) atoms. The summed E-state index contributed by atoms with van der Waals surface area (Å²) in [7, 11) is 3.22. The van der Waals surface area contributed by atoms with Crippen LogP contribution < -0.4 is 25.4 Å². The lowest BCUT2D eigenvalue weighted by atomic mass is 10.1. The molecule has 1 fully saturated rings. The summed E-state index contributed by atoms with van der Waals surface area (Å²) in [5, 5.41) is 9.12. The van der Waals surface area contributed by atoms with Crippen LogP contribution in [0, 0.1) is 0 Å². The average Bonchev–Trinajstić information content (AvgIpc) is 2.78. The number of carbonyl (C=O) groups is 2. The molecular formula is C22H28N4O4. The summed E-state index contributed by atoms with van der Waals surface area (Å²) < 4.78 is 10.3. The lowest BCUT2D eigenvalue weighted by Gasteiger charge is -2.33. The monoisotopic (exact) mass is 412 g/mol. The standard InChI is InChI=1S/C22H28N4O4/c1-29-19-7-3-16(4-8-19)14-24-21(27)13-18-15-26(12-11-23-18)22(28)25-17-5-9-20(30-2)10-6-17/h3-10,18,23H,11-15H2,1-2H3,(H,24,27)(H,25,28). The number of anilines is 1. The summed E-state index contributed by atoms with van der Waals surface area (Å²) in [5.41, 5.74) is 1.70. The number of amides is 3. The van der Waals surface area contributed by atoms with Crippen molar-refractivity contribution >= 4 is 17.6 Å². The number of piperazine rings is 1. The molecule has 1 heterocycles. The number of benzene rings is 2. The Kier molecular flexibility index (Phi) is 7.51. The van der Waals surface area contributed by atoms with Crippen molar-refractivity contribution in [1.82, 2.24) is 15.5 Å². The second-order valence-electron chi connectivity index (χ2n) is 7.08. The van der Waals surface area contributed by atoms with Crippen LogP contribution in [-0.2, 0) is 11.3 Å². The van der Waals surface area contributed by atoms with Crippen molar-refractivity contribution in [2.75, 3.05) is 39.2 Å². The van der Waals surface area contributed by atoms with Crippen LogP contribution in [0.2, 0.25) is 0 Å². The Morgan fingerprint density at radius 2 is 1.67 bits per heavy atom. The first-order valence-electron chi connectivity index (χ1n) is 9.90. The fraction of sp³-hybridized carbons (Fsp3) is 0.364. The Labute approximate surface area is 176 Å². The van der Waals surface area contributed by atoms with Crippen molar-refractivity contribution in [2.24, 2.45) is 0 Å². The van der Waals surface area contributed by atoms with Crippen molar-refractivity contribution in [2.45, 2.75) is 19.0 Å². The van der Waals surface area contributed by atoms with Crippen LogP contribution in [0.5, 0.6) is 11.5 Å². The van der Waals surface area contributed by atoms with E-state index < -0.39 is 0 Å². The molecule has 2 aromatic carbocycles. The molecule has 8 nitrogen and oxygen atoms in total. The number of nitrogens with zero attached hydrogens (tertiary/aromatic N) is 1. The van der Waals surface area contributed by atoms with Crippen molar-refractivity contribution in [3.05, 3.63) is 54.1 Å². The Balaban J connectivity index is 1.44. The van der Waals surface area contributed by atoms with Gasteiger partial charge < -0.3 is 30.3 Å². The van der Waals surface area contributed by atoms with E-state index in [-0.39, 0.29) is 18.0 Å². The van der Waals surface area contributed by atoms with Gasteiger partial charge in [0, 0.05) is 44.3 Å². The Bertz CT molecular complexity index is 839. The first-order chi connectivity index (χ1) is 14.6. The van der Waals surface area contributed by atoms with Crippen LogP contribution in [0.1, 0.15) is 12.0 Å². The highest BCUT2D eigenvalue weighted by molar-refractivity contribution is 5.89. The third-order valence-electron chi connectivity index (χ3n) is 4.96. The molecule has 1 saturated heterocycles. The van der Waals surface area contributed by atoms with Crippen molar-refractivity contribution < 1.29 is 19.1 Å². The Hall–Kier alpha value is -3.26. The second kappa shape index (κ2) is 10.5. The SMILES string of the molecule is COc1ccc(CNC(=O)CC2CN(C(=O)Nc3ccc(OC)cc3)CCN2)cc1. The number of rotatable bonds is 7. The van der Waals surface area contributed by atoms with Gasteiger partial charge in [-0.1, -0.05) is 12.1 Å². The molecule has 1 atom stereocenters. The fourth-order valence-corrected chi connectivity index (χ4v) is 3.26. The summed E-state index contributed by atoms with van der Waals surface area (Å²) in [6.07, 6.45) is 0.308. The van der Waals surface area contributed by atoms with Crippen LogP contribution in [0.3, 0.4) is 0 Å². The van der Waals surface area contributed by atoms with Gasteiger partial charge in [-0.15, -0.1) is 0 Å². The molecule has 3 N–H and O–H groups in total. The molecule has 3 amide bonds. The fourth-order valence-electron chi connectivity index (χ4n) is 3.26. The van der Waals surface area contributed by atoms with Crippen LogP contribution in [0.4, 0.5) is 10.5 Å². The summed E-state index contributed by atoms with van der Waals surface area (Å²) in [4.78, 5) is 26.6. The highest BCUT2D eigenvalue weighted by Crippen LogP contribution is 2.16. The lowest BCUT2D eigenvalue weighted by molar-refractivity contribution is -0.121. The maximum absolute atomic E-state index is 12.6. The predicted molar refractivity (Wildman–Crippen MR) is 115 cm³/mol. The topological polar surface area (TPSA) is 91.9 Å². The molecule has 160 valence electrons. The summed E-state index contributed by atoms with van der Waals surface area (Å²) in [6.45, 7) is 2.16. The van der Waals surface area contributed by atoms with E-state index in [2.05, 4.69) is 16.0 Å². The van der Waals surface area contributed by atoms with Crippen molar-refractivity contribution in [3.8, 4) is 11.5 Å². The Morgan fingerprint density at radius 1 is 1.03 bits per heavy atom. The van der Waals surface area contributed by atoms with E-state index in [0.29, 0.717) is 38.3 Å².